The van der Waals surface area contributed by atoms with E-state index in [-0.39, 0.29) is 5.83 Å². The minimum absolute atomic E-state index is 0.326. The van der Waals surface area contributed by atoms with Crippen LogP contribution in [0.1, 0.15) is 73.6 Å². The molecule has 2 heteroatoms. The van der Waals surface area contributed by atoms with E-state index in [4.69, 9.17) is 4.79 Å². The summed E-state index contributed by atoms with van der Waals surface area (Å²) in [6.07, 6.45) is 10.6. The van der Waals surface area contributed by atoms with Crippen molar-refractivity contribution >= 4 is 6.79 Å². The molecule has 0 saturated heterocycles. The largest absolute Gasteiger partial charge is 0.307 e. The van der Waals surface area contributed by atoms with Gasteiger partial charge in [0, 0.05) is 0 Å². The van der Waals surface area contributed by atoms with Crippen molar-refractivity contribution in [3.63, 3.8) is 0 Å². The Kier molecular flexibility index (Phi) is 21.7. The third kappa shape index (κ3) is 16.2. The quantitative estimate of drug-likeness (QED) is 0.322. The van der Waals surface area contributed by atoms with E-state index < -0.39 is 0 Å². The number of halogens is 1. The van der Waals surface area contributed by atoms with Crippen LogP contribution < -0.4 is 0 Å². The zero-order chi connectivity index (χ0) is 22.7. The fraction of sp³-hybridized carbons (Fsp3) is 0.500. The molecule has 0 bridgehead atoms. The Bertz CT molecular complexity index is 537. The molecule has 2 unspecified atom stereocenters. The van der Waals surface area contributed by atoms with Crippen LogP contribution in [-0.2, 0) is 4.79 Å². The molecule has 0 fully saturated rings. The normalized spacial score (nSPS) is 12.8. The number of rotatable bonds is 11. The second-order valence-corrected chi connectivity index (χ2v) is 7.11. The van der Waals surface area contributed by atoms with E-state index in [1.54, 1.807) is 0 Å². The second kappa shape index (κ2) is 19.8. The maximum Gasteiger partial charge on any atom is 0.126 e. The fourth-order valence-electron chi connectivity index (χ4n) is 1.92. The number of carbonyl (C=O) groups is 1. The van der Waals surface area contributed by atoms with Crippen molar-refractivity contribution in [3.05, 3.63) is 72.7 Å². The Morgan fingerprint density at radius 1 is 0.893 bits per heavy atom. The summed E-state index contributed by atoms with van der Waals surface area (Å²) < 4.78 is 13.8. The zero-order valence-corrected chi connectivity index (χ0v) is 19.2. The van der Waals surface area contributed by atoms with Crippen LogP contribution >= 0.6 is 0 Å². The highest BCUT2D eigenvalue weighted by molar-refractivity contribution is 5.46. The lowest BCUT2D eigenvalue weighted by molar-refractivity contribution is -0.0979. The molecule has 0 aromatic carbocycles. The van der Waals surface area contributed by atoms with Gasteiger partial charge in [-0.25, -0.2) is 4.39 Å². The van der Waals surface area contributed by atoms with Crippen LogP contribution in [0, 0.1) is 11.8 Å². The average molecular weight is 391 g/mol. The lowest BCUT2D eigenvalue weighted by Gasteiger charge is -2.14. The Morgan fingerprint density at radius 3 is 1.82 bits per heavy atom. The SMILES string of the molecule is C=C(/C=C\C(=C)C(C)CCC(C)CC)C(=C)/C=C(/F)C(=C)CC.C=O.CCC. The molecule has 0 heterocycles. The van der Waals surface area contributed by atoms with Gasteiger partial charge in [-0.1, -0.05) is 105 Å². The van der Waals surface area contributed by atoms with E-state index in [0.717, 1.165) is 17.9 Å². The van der Waals surface area contributed by atoms with Crippen molar-refractivity contribution in [3.8, 4) is 0 Å². The van der Waals surface area contributed by atoms with Gasteiger partial charge in [0.25, 0.3) is 0 Å². The molecular weight excluding hydrogens is 347 g/mol. The van der Waals surface area contributed by atoms with Crippen LogP contribution in [-0.4, -0.2) is 6.79 Å². The molecule has 1 nitrogen and oxygen atoms in total. The van der Waals surface area contributed by atoms with Crippen LogP contribution in [0.15, 0.2) is 72.7 Å². The van der Waals surface area contributed by atoms with Gasteiger partial charge in [0.2, 0.25) is 0 Å². The first kappa shape index (κ1) is 30.8. The molecule has 2 atom stereocenters. The monoisotopic (exact) mass is 390 g/mol. The lowest BCUT2D eigenvalue weighted by atomic mass is 9.91. The topological polar surface area (TPSA) is 17.1 Å². The Morgan fingerprint density at radius 2 is 1.39 bits per heavy atom. The van der Waals surface area contributed by atoms with Crippen molar-refractivity contribution in [2.45, 2.75) is 73.6 Å². The van der Waals surface area contributed by atoms with Crippen LogP contribution in [0.25, 0.3) is 0 Å². The van der Waals surface area contributed by atoms with Gasteiger partial charge in [-0.3, -0.25) is 0 Å². The first-order chi connectivity index (χ1) is 13.1. The molecule has 0 aromatic heterocycles. The fourth-order valence-corrected chi connectivity index (χ4v) is 1.92. The molecule has 0 aliphatic carbocycles. The van der Waals surface area contributed by atoms with Gasteiger partial charge in [0.1, 0.15) is 12.6 Å². The van der Waals surface area contributed by atoms with Crippen molar-refractivity contribution in [2.75, 3.05) is 0 Å². The number of carbonyl (C=O) groups excluding carboxylic acids is 1. The van der Waals surface area contributed by atoms with Gasteiger partial charge in [-0.2, -0.15) is 0 Å². The van der Waals surface area contributed by atoms with Crippen LogP contribution in [0.2, 0.25) is 0 Å². The van der Waals surface area contributed by atoms with Gasteiger partial charge in [0.05, 0.1) is 0 Å². The van der Waals surface area contributed by atoms with Gasteiger partial charge in [0.15, 0.2) is 0 Å². The van der Waals surface area contributed by atoms with Crippen LogP contribution in [0.5, 0.6) is 0 Å². The summed E-state index contributed by atoms with van der Waals surface area (Å²) in [4.78, 5) is 8.00. The molecule has 0 aromatic rings. The van der Waals surface area contributed by atoms with E-state index >= 15 is 0 Å². The van der Waals surface area contributed by atoms with Gasteiger partial charge >= 0.3 is 0 Å². The summed E-state index contributed by atoms with van der Waals surface area (Å²) in [7, 11) is 0. The number of hydrogen-bond donors (Lipinski definition) is 0. The van der Waals surface area contributed by atoms with Gasteiger partial charge in [-0.15, -0.1) is 0 Å². The third-order valence-electron chi connectivity index (χ3n) is 4.40. The zero-order valence-electron chi connectivity index (χ0n) is 19.2. The maximum atomic E-state index is 13.8. The molecule has 0 aliphatic heterocycles. The van der Waals surface area contributed by atoms with Crippen molar-refractivity contribution in [1.82, 2.24) is 0 Å². The van der Waals surface area contributed by atoms with E-state index in [1.807, 2.05) is 25.9 Å². The van der Waals surface area contributed by atoms with E-state index in [2.05, 4.69) is 60.9 Å². The molecule has 0 rings (SSSR count). The summed E-state index contributed by atoms with van der Waals surface area (Å²) in [5.41, 5.74) is 2.81. The summed E-state index contributed by atoms with van der Waals surface area (Å²) in [6, 6.07) is 0. The van der Waals surface area contributed by atoms with Crippen LogP contribution in [0.4, 0.5) is 4.39 Å². The maximum absolute atomic E-state index is 13.8. The number of allylic oxidation sites excluding steroid dienone is 8. The molecule has 0 radical (unpaired) electrons. The molecule has 0 N–H and O–H groups in total. The Balaban J connectivity index is -0.00000113. The Hall–Kier alpha value is -1.96. The lowest BCUT2D eigenvalue weighted by Crippen LogP contribution is -2.00. The minimum atomic E-state index is -0.326. The molecule has 160 valence electrons. The van der Waals surface area contributed by atoms with Crippen molar-refractivity contribution in [2.24, 2.45) is 11.8 Å². The van der Waals surface area contributed by atoms with Gasteiger partial charge in [-0.05, 0) is 47.5 Å². The standard InChI is InChI=1S/C22H33F.C3H8.CH2O/c1-9-16(3)11-12-18(5)19(6)13-14-20(7)21(8)15-22(23)17(4)10-2;1-3-2;1-2/h13-16,18H,4,6-12H2,1-3,5H3;3H2,1-2H3;1H2/b14-13-,22-15+;;. The predicted octanol–water partition coefficient (Wildman–Crippen LogP) is 8.72. The average Bonchev–Trinajstić information content (AvgIpc) is 2.70. The van der Waals surface area contributed by atoms with Crippen molar-refractivity contribution in [1.29, 1.82) is 0 Å². The first-order valence-corrected chi connectivity index (χ1v) is 10.2. The highest BCUT2D eigenvalue weighted by Gasteiger charge is 2.07. The summed E-state index contributed by atoms with van der Waals surface area (Å²) in [5, 5.41) is 0. The van der Waals surface area contributed by atoms with E-state index in [1.165, 1.54) is 25.3 Å². The molecule has 0 spiro atoms. The third-order valence-corrected chi connectivity index (χ3v) is 4.40. The van der Waals surface area contributed by atoms with Crippen LogP contribution in [0.3, 0.4) is 0 Å². The minimum Gasteiger partial charge on any atom is -0.307 e. The summed E-state index contributed by atoms with van der Waals surface area (Å²) in [6.45, 7) is 30.4. The highest BCUT2D eigenvalue weighted by atomic mass is 19.1. The molecular formula is C26H43FO. The van der Waals surface area contributed by atoms with Crippen molar-refractivity contribution < 1.29 is 9.18 Å². The molecule has 0 saturated carbocycles. The first-order valence-electron chi connectivity index (χ1n) is 10.2. The summed E-state index contributed by atoms with van der Waals surface area (Å²) >= 11 is 0. The molecule has 0 amide bonds. The van der Waals surface area contributed by atoms with Gasteiger partial charge < -0.3 is 4.79 Å². The highest BCUT2D eigenvalue weighted by Crippen LogP contribution is 2.22. The van der Waals surface area contributed by atoms with E-state index in [0.29, 0.717) is 29.1 Å². The predicted molar refractivity (Wildman–Crippen MR) is 126 cm³/mol. The molecule has 28 heavy (non-hydrogen) atoms. The smallest absolute Gasteiger partial charge is 0.126 e. The second-order valence-electron chi connectivity index (χ2n) is 7.11. The summed E-state index contributed by atoms with van der Waals surface area (Å²) in [5.74, 6) is 0.866. The Labute approximate surface area is 174 Å². The van der Waals surface area contributed by atoms with E-state index in [9.17, 15) is 4.39 Å². The number of hydrogen-bond acceptors (Lipinski definition) is 1. The molecule has 0 aliphatic rings.